The van der Waals surface area contributed by atoms with E-state index in [1.54, 1.807) is 0 Å². The van der Waals surface area contributed by atoms with Gasteiger partial charge in [-0.2, -0.15) is 0 Å². The molecule has 0 radical (unpaired) electrons. The molecule has 0 aliphatic heterocycles. The van der Waals surface area contributed by atoms with Gasteiger partial charge in [-0.15, -0.1) is 0 Å². The van der Waals surface area contributed by atoms with Gasteiger partial charge in [-0.1, -0.05) is 44.0 Å². The van der Waals surface area contributed by atoms with E-state index in [0.29, 0.717) is 0 Å². The average molecular weight is 468 g/mol. The molecule has 0 spiro atoms. The van der Waals surface area contributed by atoms with E-state index in [1.807, 2.05) is 36.9 Å². The van der Waals surface area contributed by atoms with Crippen molar-refractivity contribution < 1.29 is 0 Å². The topological polar surface area (TPSA) is 57.4 Å². The van der Waals surface area contributed by atoms with Gasteiger partial charge in [0.15, 0.2) is 0 Å². The molecule has 0 saturated carbocycles. The highest BCUT2D eigenvalue weighted by Gasteiger charge is 2.11. The Morgan fingerprint density at radius 2 is 1.12 bits per heavy atom. The number of nitrogens with one attached hydrogen (secondary N) is 2. The maximum absolute atomic E-state index is 4.66. The van der Waals surface area contributed by atoms with Gasteiger partial charge in [0.1, 0.15) is 0 Å². The quantitative estimate of drug-likeness (QED) is 0.320. The number of nitrogens with zero attached hydrogens (tertiary/aromatic N) is 2. The van der Waals surface area contributed by atoms with Crippen LogP contribution in [0.2, 0.25) is 0 Å². The van der Waals surface area contributed by atoms with Crippen molar-refractivity contribution in [1.82, 2.24) is 19.9 Å². The van der Waals surface area contributed by atoms with E-state index in [0.717, 1.165) is 53.3 Å². The summed E-state index contributed by atoms with van der Waals surface area (Å²) in [6.07, 6.45) is 7.61. The molecule has 4 nitrogen and oxygen atoms in total. The van der Waals surface area contributed by atoms with Gasteiger partial charge in [-0.25, -0.2) is 0 Å². The van der Waals surface area contributed by atoms with Crippen LogP contribution < -0.4 is 0 Å². The van der Waals surface area contributed by atoms with E-state index in [2.05, 4.69) is 76.1 Å². The average Bonchev–Trinajstić information content (AvgIpc) is 3.25. The first kappa shape index (κ1) is 15.8. The van der Waals surface area contributed by atoms with Crippen molar-refractivity contribution in [1.29, 1.82) is 0 Å². The third-order valence-corrected chi connectivity index (χ3v) is 5.48. The molecular formula is C20H12Br2N4. The van der Waals surface area contributed by atoms with Crippen LogP contribution in [0.15, 0.2) is 70.1 Å². The molecule has 26 heavy (non-hydrogen) atoms. The Bertz CT molecular complexity index is 1150. The third-order valence-electron chi connectivity index (χ3n) is 4.49. The van der Waals surface area contributed by atoms with Gasteiger partial charge >= 0.3 is 0 Å². The molecule has 5 aromatic rings. The zero-order chi connectivity index (χ0) is 17.7. The van der Waals surface area contributed by atoms with Crippen molar-refractivity contribution in [2.45, 2.75) is 0 Å². The maximum Gasteiger partial charge on any atom is 0.0907 e. The molecule has 3 aromatic heterocycles. The fourth-order valence-corrected chi connectivity index (χ4v) is 3.95. The normalized spacial score (nSPS) is 11.5. The number of H-pyrrole nitrogens is 2. The minimum atomic E-state index is 0.852. The number of fused-ring (bicyclic) bond motifs is 2. The maximum atomic E-state index is 4.66. The molecule has 2 N–H and O–H groups in total. The molecule has 0 aliphatic rings. The van der Waals surface area contributed by atoms with E-state index < -0.39 is 0 Å². The standard InChI is InChI=1S/C20H12Br2N4/c21-11-1-3-13-15(7-23-17(13)5-11)19-9-26-20(10-25-19)16-8-24-18-6-12(22)2-4-14(16)18/h1-10,23-24H. The summed E-state index contributed by atoms with van der Waals surface area (Å²) in [5, 5.41) is 2.26. The Morgan fingerprint density at radius 1 is 0.654 bits per heavy atom. The smallest absolute Gasteiger partial charge is 0.0907 e. The number of benzene rings is 2. The molecule has 126 valence electrons. The number of hydrogen-bond donors (Lipinski definition) is 2. The lowest BCUT2D eigenvalue weighted by molar-refractivity contribution is 1.21. The highest BCUT2D eigenvalue weighted by molar-refractivity contribution is 9.10. The first-order valence-electron chi connectivity index (χ1n) is 8.05. The number of aromatic amines is 2. The van der Waals surface area contributed by atoms with E-state index in [1.165, 1.54) is 0 Å². The summed E-state index contributed by atoms with van der Waals surface area (Å²) < 4.78 is 2.09. The van der Waals surface area contributed by atoms with Crippen molar-refractivity contribution in [3.8, 4) is 22.5 Å². The van der Waals surface area contributed by atoms with Gasteiger partial charge in [-0.05, 0) is 24.3 Å². The van der Waals surface area contributed by atoms with Crippen LogP contribution in [0.3, 0.4) is 0 Å². The SMILES string of the molecule is Brc1ccc2c(-c3cnc(-c4c[nH]c5cc(Br)ccc45)cn3)c[nH]c2c1. The molecule has 5 rings (SSSR count). The van der Waals surface area contributed by atoms with Crippen molar-refractivity contribution in [3.63, 3.8) is 0 Å². The first-order valence-corrected chi connectivity index (χ1v) is 9.64. The van der Waals surface area contributed by atoms with Crippen LogP contribution in [-0.4, -0.2) is 19.9 Å². The van der Waals surface area contributed by atoms with Crippen molar-refractivity contribution in [3.05, 3.63) is 70.1 Å². The fraction of sp³-hybridized carbons (Fsp3) is 0. The second-order valence-corrected chi connectivity index (χ2v) is 7.90. The van der Waals surface area contributed by atoms with Gasteiger partial charge in [0.25, 0.3) is 0 Å². The summed E-state index contributed by atoms with van der Waals surface area (Å²) in [6.45, 7) is 0. The molecule has 0 atom stereocenters. The van der Waals surface area contributed by atoms with Crippen LogP contribution >= 0.6 is 31.9 Å². The predicted molar refractivity (Wildman–Crippen MR) is 112 cm³/mol. The summed E-state index contributed by atoms with van der Waals surface area (Å²) in [5.41, 5.74) is 5.95. The Kier molecular flexibility index (Phi) is 3.69. The summed E-state index contributed by atoms with van der Waals surface area (Å²) in [5.74, 6) is 0. The van der Waals surface area contributed by atoms with Crippen LogP contribution in [0, 0.1) is 0 Å². The Hall–Kier alpha value is -2.44. The molecular weight excluding hydrogens is 456 g/mol. The molecule has 2 aromatic carbocycles. The number of halogens is 2. The number of aromatic nitrogens is 4. The van der Waals surface area contributed by atoms with Crippen LogP contribution in [0.5, 0.6) is 0 Å². The van der Waals surface area contributed by atoms with Crippen molar-refractivity contribution in [2.24, 2.45) is 0 Å². The lowest BCUT2D eigenvalue weighted by Gasteiger charge is -2.02. The first-order chi connectivity index (χ1) is 12.7. The van der Waals surface area contributed by atoms with Gasteiger partial charge in [0.2, 0.25) is 0 Å². The Balaban J connectivity index is 1.57. The van der Waals surface area contributed by atoms with Gasteiger partial charge < -0.3 is 9.97 Å². The lowest BCUT2D eigenvalue weighted by Crippen LogP contribution is -1.88. The Labute approximate surface area is 166 Å². The molecule has 0 aliphatic carbocycles. The van der Waals surface area contributed by atoms with Gasteiger partial charge in [0, 0.05) is 54.3 Å². The summed E-state index contributed by atoms with van der Waals surface area (Å²) >= 11 is 7.00. The van der Waals surface area contributed by atoms with Gasteiger partial charge in [-0.3, -0.25) is 9.97 Å². The van der Waals surface area contributed by atoms with Crippen LogP contribution in [0.4, 0.5) is 0 Å². The highest BCUT2D eigenvalue weighted by atomic mass is 79.9. The number of rotatable bonds is 2. The van der Waals surface area contributed by atoms with Gasteiger partial charge in [0.05, 0.1) is 23.8 Å². The lowest BCUT2D eigenvalue weighted by atomic mass is 10.1. The third kappa shape index (κ3) is 2.57. The largest absolute Gasteiger partial charge is 0.360 e. The van der Waals surface area contributed by atoms with Crippen molar-refractivity contribution >= 4 is 53.7 Å². The van der Waals surface area contributed by atoms with E-state index in [4.69, 9.17) is 0 Å². The zero-order valence-corrected chi connectivity index (χ0v) is 16.6. The van der Waals surface area contributed by atoms with E-state index in [-0.39, 0.29) is 0 Å². The molecule has 3 heterocycles. The summed E-state index contributed by atoms with van der Waals surface area (Å²) in [6, 6.07) is 12.4. The zero-order valence-electron chi connectivity index (χ0n) is 13.4. The summed E-state index contributed by atoms with van der Waals surface area (Å²) in [4.78, 5) is 15.9. The fourth-order valence-electron chi connectivity index (χ4n) is 3.23. The van der Waals surface area contributed by atoms with E-state index >= 15 is 0 Å². The molecule has 6 heteroatoms. The minimum Gasteiger partial charge on any atom is -0.360 e. The monoisotopic (exact) mass is 466 g/mol. The molecule has 0 bridgehead atoms. The van der Waals surface area contributed by atoms with Crippen LogP contribution in [0.25, 0.3) is 44.3 Å². The van der Waals surface area contributed by atoms with Crippen LogP contribution in [0.1, 0.15) is 0 Å². The van der Waals surface area contributed by atoms with Crippen LogP contribution in [-0.2, 0) is 0 Å². The second kappa shape index (κ2) is 6.07. The predicted octanol–water partition coefficient (Wildman–Crippen LogP) is 6.30. The number of hydrogen-bond acceptors (Lipinski definition) is 2. The molecule has 0 amide bonds. The molecule has 0 fully saturated rings. The minimum absolute atomic E-state index is 0.852. The molecule has 0 saturated heterocycles. The Morgan fingerprint density at radius 3 is 1.54 bits per heavy atom. The highest BCUT2D eigenvalue weighted by Crippen LogP contribution is 2.31. The second-order valence-electron chi connectivity index (χ2n) is 6.07. The molecule has 0 unspecified atom stereocenters. The van der Waals surface area contributed by atoms with E-state index in [9.17, 15) is 0 Å². The van der Waals surface area contributed by atoms with Crippen molar-refractivity contribution in [2.75, 3.05) is 0 Å². The summed E-state index contributed by atoms with van der Waals surface area (Å²) in [7, 11) is 0.